The first-order valence-electron chi connectivity index (χ1n) is 5.39. The van der Waals surface area contributed by atoms with Gasteiger partial charge in [0, 0.05) is 4.47 Å². The summed E-state index contributed by atoms with van der Waals surface area (Å²) < 4.78 is 1.19. The lowest BCUT2D eigenvalue weighted by Gasteiger charge is -2.10. The quantitative estimate of drug-likeness (QED) is 0.706. The van der Waals surface area contributed by atoms with Crippen molar-refractivity contribution in [2.75, 3.05) is 0 Å². The van der Waals surface area contributed by atoms with Crippen LogP contribution in [-0.2, 0) is 6.42 Å². The number of rotatable bonds is 1. The van der Waals surface area contributed by atoms with Crippen LogP contribution in [0, 0.1) is 0 Å². The number of hydrogen-bond acceptors (Lipinski definition) is 0. The van der Waals surface area contributed by atoms with Gasteiger partial charge in [-0.2, -0.15) is 0 Å². The lowest BCUT2D eigenvalue weighted by Crippen LogP contribution is -1.89. The largest absolute Gasteiger partial charge is 0.0794 e. The average molecular weight is 271 g/mol. The Balaban J connectivity index is 2.22. The Bertz CT molecular complexity index is 553. The SMILES string of the molecule is Brc1ccc(-c2ccccc2)c2c1C=CC2. The molecule has 0 unspecified atom stereocenters. The van der Waals surface area contributed by atoms with Gasteiger partial charge in [-0.15, -0.1) is 0 Å². The van der Waals surface area contributed by atoms with Crippen LogP contribution < -0.4 is 0 Å². The molecule has 1 aliphatic carbocycles. The fourth-order valence-corrected chi connectivity index (χ4v) is 2.72. The van der Waals surface area contributed by atoms with Gasteiger partial charge in [0.1, 0.15) is 0 Å². The van der Waals surface area contributed by atoms with E-state index in [1.165, 1.54) is 26.7 Å². The van der Waals surface area contributed by atoms with Crippen LogP contribution in [0.25, 0.3) is 17.2 Å². The molecule has 0 atom stereocenters. The van der Waals surface area contributed by atoms with Crippen molar-refractivity contribution in [2.24, 2.45) is 0 Å². The molecule has 3 rings (SSSR count). The van der Waals surface area contributed by atoms with E-state index in [-0.39, 0.29) is 0 Å². The maximum Gasteiger partial charge on any atom is 0.0250 e. The van der Waals surface area contributed by atoms with Crippen molar-refractivity contribution in [3.05, 3.63) is 64.1 Å². The van der Waals surface area contributed by atoms with E-state index in [2.05, 4.69) is 70.5 Å². The van der Waals surface area contributed by atoms with Crippen molar-refractivity contribution < 1.29 is 0 Å². The fraction of sp³-hybridized carbons (Fsp3) is 0.0667. The van der Waals surface area contributed by atoms with E-state index < -0.39 is 0 Å². The highest BCUT2D eigenvalue weighted by molar-refractivity contribution is 9.10. The second-order valence-electron chi connectivity index (χ2n) is 3.96. The molecule has 0 bridgehead atoms. The van der Waals surface area contributed by atoms with Crippen LogP contribution in [0.3, 0.4) is 0 Å². The van der Waals surface area contributed by atoms with E-state index in [1.54, 1.807) is 0 Å². The Labute approximate surface area is 104 Å². The minimum atomic E-state index is 1.04. The number of hydrogen-bond donors (Lipinski definition) is 0. The molecule has 0 aliphatic heterocycles. The molecule has 2 aromatic rings. The summed E-state index contributed by atoms with van der Waals surface area (Å²) in [6, 6.07) is 14.9. The summed E-state index contributed by atoms with van der Waals surface area (Å²) in [5, 5.41) is 0. The van der Waals surface area contributed by atoms with E-state index in [4.69, 9.17) is 0 Å². The molecule has 0 saturated carbocycles. The molecule has 0 amide bonds. The van der Waals surface area contributed by atoms with Crippen molar-refractivity contribution in [1.29, 1.82) is 0 Å². The standard InChI is InChI=1S/C15H11Br/c16-15-10-9-12(11-5-2-1-3-6-11)13-7-4-8-14(13)15/h1-6,8-10H,7H2. The fourth-order valence-electron chi connectivity index (χ4n) is 2.22. The molecular weight excluding hydrogens is 260 g/mol. The summed E-state index contributed by atoms with van der Waals surface area (Å²) in [7, 11) is 0. The van der Waals surface area contributed by atoms with E-state index >= 15 is 0 Å². The first-order chi connectivity index (χ1) is 7.86. The summed E-state index contributed by atoms with van der Waals surface area (Å²) >= 11 is 3.60. The van der Waals surface area contributed by atoms with Crippen LogP contribution in [0.15, 0.2) is 53.0 Å². The molecule has 2 aromatic carbocycles. The van der Waals surface area contributed by atoms with E-state index in [9.17, 15) is 0 Å². The number of allylic oxidation sites excluding steroid dienone is 1. The Kier molecular flexibility index (Phi) is 2.41. The van der Waals surface area contributed by atoms with Gasteiger partial charge in [0.2, 0.25) is 0 Å². The molecule has 0 fully saturated rings. The average Bonchev–Trinajstić information content (AvgIpc) is 2.81. The van der Waals surface area contributed by atoms with Crippen LogP contribution >= 0.6 is 15.9 Å². The molecule has 0 spiro atoms. The van der Waals surface area contributed by atoms with Gasteiger partial charge >= 0.3 is 0 Å². The monoisotopic (exact) mass is 270 g/mol. The molecule has 0 saturated heterocycles. The van der Waals surface area contributed by atoms with Gasteiger partial charge < -0.3 is 0 Å². The molecule has 0 radical (unpaired) electrons. The van der Waals surface area contributed by atoms with Gasteiger partial charge in [-0.05, 0) is 34.7 Å². The van der Waals surface area contributed by atoms with Gasteiger partial charge in [-0.1, -0.05) is 64.5 Å². The Morgan fingerprint density at radius 1 is 0.938 bits per heavy atom. The molecule has 0 aromatic heterocycles. The van der Waals surface area contributed by atoms with Crippen molar-refractivity contribution >= 4 is 22.0 Å². The van der Waals surface area contributed by atoms with Crippen molar-refractivity contribution in [1.82, 2.24) is 0 Å². The Morgan fingerprint density at radius 3 is 2.56 bits per heavy atom. The first-order valence-corrected chi connectivity index (χ1v) is 6.19. The topological polar surface area (TPSA) is 0 Å². The molecule has 0 heterocycles. The molecule has 78 valence electrons. The summed E-state index contributed by atoms with van der Waals surface area (Å²) in [5.74, 6) is 0. The number of halogens is 1. The minimum absolute atomic E-state index is 1.04. The molecule has 16 heavy (non-hydrogen) atoms. The van der Waals surface area contributed by atoms with E-state index in [0.29, 0.717) is 0 Å². The van der Waals surface area contributed by atoms with Crippen LogP contribution in [0.2, 0.25) is 0 Å². The Hall–Kier alpha value is -1.34. The van der Waals surface area contributed by atoms with Crippen molar-refractivity contribution in [3.8, 4) is 11.1 Å². The highest BCUT2D eigenvalue weighted by Crippen LogP contribution is 2.35. The predicted octanol–water partition coefficient (Wildman–Crippen LogP) is 4.69. The van der Waals surface area contributed by atoms with Gasteiger partial charge in [-0.25, -0.2) is 0 Å². The normalized spacial score (nSPS) is 12.8. The smallest absolute Gasteiger partial charge is 0.0250 e. The molecule has 0 N–H and O–H groups in total. The molecule has 1 aliphatic rings. The first kappa shape index (κ1) is 9.86. The van der Waals surface area contributed by atoms with Gasteiger partial charge in [-0.3, -0.25) is 0 Å². The third kappa shape index (κ3) is 1.52. The number of benzene rings is 2. The zero-order chi connectivity index (χ0) is 11.0. The summed E-state index contributed by atoms with van der Waals surface area (Å²) in [6.45, 7) is 0. The third-order valence-corrected chi connectivity index (χ3v) is 3.69. The highest BCUT2D eigenvalue weighted by Gasteiger charge is 2.13. The zero-order valence-corrected chi connectivity index (χ0v) is 10.4. The minimum Gasteiger partial charge on any atom is -0.0794 e. The van der Waals surface area contributed by atoms with Crippen LogP contribution in [-0.4, -0.2) is 0 Å². The molecule has 0 nitrogen and oxygen atoms in total. The van der Waals surface area contributed by atoms with Crippen molar-refractivity contribution in [3.63, 3.8) is 0 Å². The maximum atomic E-state index is 3.60. The van der Waals surface area contributed by atoms with Crippen LogP contribution in [0.1, 0.15) is 11.1 Å². The van der Waals surface area contributed by atoms with Gasteiger partial charge in [0.25, 0.3) is 0 Å². The highest BCUT2D eigenvalue weighted by atomic mass is 79.9. The maximum absolute atomic E-state index is 3.60. The summed E-state index contributed by atoms with van der Waals surface area (Å²) in [6.07, 6.45) is 5.47. The predicted molar refractivity (Wildman–Crippen MR) is 72.3 cm³/mol. The van der Waals surface area contributed by atoms with Crippen LogP contribution in [0.4, 0.5) is 0 Å². The van der Waals surface area contributed by atoms with E-state index in [0.717, 1.165) is 6.42 Å². The second kappa shape index (κ2) is 3.91. The third-order valence-electron chi connectivity index (χ3n) is 3.00. The van der Waals surface area contributed by atoms with Gasteiger partial charge in [0.15, 0.2) is 0 Å². The zero-order valence-electron chi connectivity index (χ0n) is 8.78. The van der Waals surface area contributed by atoms with Crippen LogP contribution in [0.5, 0.6) is 0 Å². The Morgan fingerprint density at radius 2 is 1.75 bits per heavy atom. The van der Waals surface area contributed by atoms with Crippen molar-refractivity contribution in [2.45, 2.75) is 6.42 Å². The number of fused-ring (bicyclic) bond motifs is 1. The molecule has 1 heteroatoms. The second-order valence-corrected chi connectivity index (χ2v) is 4.81. The lowest BCUT2D eigenvalue weighted by atomic mass is 9.97. The summed E-state index contributed by atoms with van der Waals surface area (Å²) in [4.78, 5) is 0. The molecular formula is C15H11Br. The van der Waals surface area contributed by atoms with E-state index in [1.807, 2.05) is 0 Å². The lowest BCUT2D eigenvalue weighted by molar-refractivity contribution is 1.30. The van der Waals surface area contributed by atoms with Gasteiger partial charge in [0.05, 0.1) is 0 Å². The summed E-state index contributed by atoms with van der Waals surface area (Å²) in [5.41, 5.74) is 5.42.